The third kappa shape index (κ3) is 3.44. The monoisotopic (exact) mass is 379 g/mol. The number of aromatic nitrogens is 2. The topological polar surface area (TPSA) is 53.4 Å². The van der Waals surface area contributed by atoms with E-state index in [9.17, 15) is 0 Å². The Morgan fingerprint density at radius 2 is 2.00 bits per heavy atom. The highest BCUT2D eigenvalue weighted by Gasteiger charge is 2.29. The molecule has 3 heterocycles. The van der Waals surface area contributed by atoms with Crippen LogP contribution in [0.25, 0.3) is 0 Å². The summed E-state index contributed by atoms with van der Waals surface area (Å²) in [7, 11) is 0. The van der Waals surface area contributed by atoms with Gasteiger partial charge in [0.1, 0.15) is 23.8 Å². The van der Waals surface area contributed by atoms with E-state index < -0.39 is 0 Å². The molecule has 1 aromatic heterocycles. The molecule has 0 amide bonds. The summed E-state index contributed by atoms with van der Waals surface area (Å²) in [5, 5.41) is 4.17. The van der Waals surface area contributed by atoms with E-state index in [2.05, 4.69) is 37.3 Å². The normalized spacial score (nSPS) is 22.0. The summed E-state index contributed by atoms with van der Waals surface area (Å²) in [5.74, 6) is 3.39. The number of hydrogen-bond acceptors (Lipinski definition) is 5. The highest BCUT2D eigenvalue weighted by molar-refractivity contribution is 6.31. The third-order valence-corrected chi connectivity index (χ3v) is 5.92. The van der Waals surface area contributed by atoms with Gasteiger partial charge in [-0.05, 0) is 54.9 Å². The van der Waals surface area contributed by atoms with E-state index in [1.165, 1.54) is 24.0 Å². The quantitative estimate of drug-likeness (QED) is 0.841. The lowest BCUT2D eigenvalue weighted by molar-refractivity contribution is 0.711. The number of amidine groups is 1. The number of nitrogens with zero attached hydrogens (tertiary/aromatic N) is 4. The van der Waals surface area contributed by atoms with Gasteiger partial charge in [-0.1, -0.05) is 29.8 Å². The minimum atomic E-state index is 0.256. The molecular formula is C21H22ClN5. The maximum absolute atomic E-state index is 6.45. The van der Waals surface area contributed by atoms with Crippen molar-refractivity contribution in [1.29, 1.82) is 0 Å². The van der Waals surface area contributed by atoms with Crippen molar-refractivity contribution >= 4 is 29.1 Å². The van der Waals surface area contributed by atoms with Crippen molar-refractivity contribution in [2.45, 2.75) is 31.7 Å². The highest BCUT2D eigenvalue weighted by Crippen LogP contribution is 2.39. The zero-order chi connectivity index (χ0) is 18.2. The fourth-order valence-corrected chi connectivity index (χ4v) is 4.30. The Kier molecular flexibility index (Phi) is 4.32. The smallest absolute Gasteiger partial charge is 0.137 e. The molecule has 0 bridgehead atoms. The summed E-state index contributed by atoms with van der Waals surface area (Å²) in [4.78, 5) is 15.8. The first-order chi connectivity index (χ1) is 13.3. The second kappa shape index (κ2) is 6.97. The molecule has 2 aliphatic heterocycles. The summed E-state index contributed by atoms with van der Waals surface area (Å²) in [5.41, 5.74) is 2.62. The average Bonchev–Trinajstić information content (AvgIpc) is 3.23. The number of halogens is 1. The molecule has 2 fully saturated rings. The molecule has 138 valence electrons. The molecule has 6 heteroatoms. The zero-order valence-electron chi connectivity index (χ0n) is 15.1. The van der Waals surface area contributed by atoms with E-state index in [1.807, 2.05) is 24.3 Å². The second-order valence-corrected chi connectivity index (χ2v) is 7.86. The SMILES string of the molecule is Clc1ccccc1C1CCCN1c1cc(NC2=NCC(C3CC3)=C2)ncn1. The Bertz CT molecular complexity index is 918. The van der Waals surface area contributed by atoms with Crippen molar-refractivity contribution in [1.82, 2.24) is 9.97 Å². The van der Waals surface area contributed by atoms with Crippen LogP contribution in [0, 0.1) is 5.92 Å². The summed E-state index contributed by atoms with van der Waals surface area (Å²) >= 11 is 6.45. The number of benzene rings is 1. The molecule has 1 aliphatic carbocycles. The molecule has 1 aromatic carbocycles. The number of hydrogen-bond donors (Lipinski definition) is 1. The van der Waals surface area contributed by atoms with Gasteiger partial charge in [0.15, 0.2) is 0 Å². The predicted molar refractivity (Wildman–Crippen MR) is 110 cm³/mol. The van der Waals surface area contributed by atoms with Crippen LogP contribution in [0.2, 0.25) is 5.02 Å². The average molecular weight is 380 g/mol. The lowest BCUT2D eigenvalue weighted by Gasteiger charge is -2.27. The number of anilines is 2. The maximum Gasteiger partial charge on any atom is 0.137 e. The van der Waals surface area contributed by atoms with Crippen molar-refractivity contribution in [3.05, 3.63) is 58.9 Å². The van der Waals surface area contributed by atoms with Gasteiger partial charge in [-0.3, -0.25) is 4.99 Å². The molecule has 0 spiro atoms. The van der Waals surface area contributed by atoms with Gasteiger partial charge in [0, 0.05) is 17.6 Å². The van der Waals surface area contributed by atoms with Crippen molar-refractivity contribution in [2.75, 3.05) is 23.3 Å². The lowest BCUT2D eigenvalue weighted by atomic mass is 10.0. The van der Waals surface area contributed by atoms with Crippen LogP contribution >= 0.6 is 11.6 Å². The fourth-order valence-electron chi connectivity index (χ4n) is 4.03. The molecular weight excluding hydrogens is 358 g/mol. The minimum Gasteiger partial charge on any atom is -0.349 e. The van der Waals surface area contributed by atoms with Gasteiger partial charge in [-0.15, -0.1) is 0 Å². The number of rotatable bonds is 4. The third-order valence-electron chi connectivity index (χ3n) is 5.58. The standard InChI is InChI=1S/C21H22ClN5/c22-17-5-2-1-4-16(17)18-6-3-9-27(18)21-11-20(24-13-25-21)26-19-10-15(12-23-19)14-7-8-14/h1-2,4-5,10-11,13-14,18H,3,6-9,12H2,(H,23,24,25,26). The van der Waals surface area contributed by atoms with Crippen molar-refractivity contribution in [3.63, 3.8) is 0 Å². The van der Waals surface area contributed by atoms with Crippen molar-refractivity contribution < 1.29 is 0 Å². The molecule has 0 radical (unpaired) electrons. The van der Waals surface area contributed by atoms with Gasteiger partial charge in [0.25, 0.3) is 0 Å². The Hall–Kier alpha value is -2.40. The molecule has 1 unspecified atom stereocenters. The summed E-state index contributed by atoms with van der Waals surface area (Å²) in [6, 6.07) is 10.4. The van der Waals surface area contributed by atoms with Crippen LogP contribution in [-0.2, 0) is 0 Å². The van der Waals surface area contributed by atoms with Crippen LogP contribution in [0.4, 0.5) is 11.6 Å². The van der Waals surface area contributed by atoms with E-state index in [0.29, 0.717) is 0 Å². The molecule has 5 nitrogen and oxygen atoms in total. The highest BCUT2D eigenvalue weighted by atomic mass is 35.5. The van der Waals surface area contributed by atoms with Crippen LogP contribution in [0.1, 0.15) is 37.3 Å². The number of nitrogens with one attached hydrogen (secondary N) is 1. The molecule has 1 N–H and O–H groups in total. The van der Waals surface area contributed by atoms with Gasteiger partial charge in [0.05, 0.1) is 12.6 Å². The first-order valence-electron chi connectivity index (χ1n) is 9.63. The van der Waals surface area contributed by atoms with E-state index in [1.54, 1.807) is 6.33 Å². The van der Waals surface area contributed by atoms with E-state index >= 15 is 0 Å². The van der Waals surface area contributed by atoms with E-state index in [-0.39, 0.29) is 6.04 Å². The van der Waals surface area contributed by atoms with Crippen LogP contribution in [-0.4, -0.2) is 28.9 Å². The van der Waals surface area contributed by atoms with Crippen LogP contribution in [0.3, 0.4) is 0 Å². The molecule has 1 saturated heterocycles. The Balaban J connectivity index is 1.36. The largest absolute Gasteiger partial charge is 0.349 e. The second-order valence-electron chi connectivity index (χ2n) is 7.45. The van der Waals surface area contributed by atoms with Crippen LogP contribution < -0.4 is 10.2 Å². The van der Waals surface area contributed by atoms with Crippen molar-refractivity contribution in [2.24, 2.45) is 10.9 Å². The predicted octanol–water partition coefficient (Wildman–Crippen LogP) is 4.63. The molecule has 1 atom stereocenters. The van der Waals surface area contributed by atoms with Gasteiger partial charge in [-0.25, -0.2) is 9.97 Å². The molecule has 1 saturated carbocycles. The first kappa shape index (κ1) is 16.8. The summed E-state index contributed by atoms with van der Waals surface area (Å²) in [6.45, 7) is 1.80. The summed E-state index contributed by atoms with van der Waals surface area (Å²) < 4.78 is 0. The zero-order valence-corrected chi connectivity index (χ0v) is 15.9. The number of aliphatic imine (C=N–C) groups is 1. The lowest BCUT2D eigenvalue weighted by Crippen LogP contribution is -2.24. The van der Waals surface area contributed by atoms with E-state index in [4.69, 9.17) is 11.6 Å². The Labute approximate surface area is 164 Å². The minimum absolute atomic E-state index is 0.256. The molecule has 2 aromatic rings. The van der Waals surface area contributed by atoms with Gasteiger partial charge >= 0.3 is 0 Å². The Morgan fingerprint density at radius 1 is 1.11 bits per heavy atom. The summed E-state index contributed by atoms with van der Waals surface area (Å²) in [6.07, 6.45) is 8.64. The van der Waals surface area contributed by atoms with Crippen molar-refractivity contribution in [3.8, 4) is 0 Å². The molecule has 3 aliphatic rings. The van der Waals surface area contributed by atoms with Gasteiger partial charge in [0.2, 0.25) is 0 Å². The Morgan fingerprint density at radius 3 is 2.85 bits per heavy atom. The maximum atomic E-state index is 6.45. The van der Waals surface area contributed by atoms with Gasteiger partial charge < -0.3 is 10.2 Å². The fraction of sp³-hybridized carbons (Fsp3) is 0.381. The van der Waals surface area contributed by atoms with Gasteiger partial charge in [-0.2, -0.15) is 0 Å². The van der Waals surface area contributed by atoms with Crippen LogP contribution in [0.15, 0.2) is 53.3 Å². The molecule has 27 heavy (non-hydrogen) atoms. The van der Waals surface area contributed by atoms with E-state index in [0.717, 1.165) is 54.3 Å². The molecule has 5 rings (SSSR count). The van der Waals surface area contributed by atoms with Crippen LogP contribution in [0.5, 0.6) is 0 Å². The first-order valence-corrected chi connectivity index (χ1v) is 10.0.